The molecule has 0 spiro atoms. The van der Waals surface area contributed by atoms with Gasteiger partial charge in [0.25, 0.3) is 0 Å². The summed E-state index contributed by atoms with van der Waals surface area (Å²) in [7, 11) is 9.87. The van der Waals surface area contributed by atoms with E-state index in [4.69, 9.17) is 62.2 Å². The van der Waals surface area contributed by atoms with Crippen LogP contribution >= 0.6 is 174 Å². The summed E-state index contributed by atoms with van der Waals surface area (Å²) in [5, 5.41) is 0. The zero-order chi connectivity index (χ0) is 100. The average molecular weight is 2850 g/mol. The number of hydrogen-bond donors (Lipinski definition) is 12. The molecule has 20 rings (SSSR count). The number of ketones is 3. The summed E-state index contributed by atoms with van der Waals surface area (Å²) < 4.78 is 27.6. The standard InChI is InChI=1S/2C16H14N2.C14H8Br2N2.C9H8O2.C8H6O2.C7H10N2.2C6H4Br2N2Se.C6H6Br2N2.C6H6N2Se.C6H8N2.CH4.Br2.2ClH.Sn/c1-11-8-9-14-15(10-11)17-12(2)16(18-14)13-6-4-3-5-7-13;1-11-8-9-14-15(10-11)18-16(12(2)17-14)13-6-4-3-5-7-13;15-10-6-7-11(16)14-13(10)17-8-12(18-14)9-4-2-1-3-5-9;1-7(10)9(11)8-5-3-2-4-6-8;9-6-8(10)7-4-2-1-3-5-7;1-5-2-3-6(8)7(9)4-5;2*7-3-1-2-4(8)6-5(3)9-11-10-6;7-3-1-2-4(8)6(10)5(3)9;1-2-4-6-5(3-1)7-9-8-6;7-5-3-1-2-4-6(5)8;;1-2;;;/h2*3-10H,1-2H3;1-8H;2-6H,1H3;1-6H;2-4H,8-9H2,1H3;2*1-2,9-10H;1-2H,9-10H2;1-4,7-8H;1-4H,7-8H2;1H4;;2*1H;/q;;;;;;;;;;;;;;;+2/p-2. The van der Waals surface area contributed by atoms with Gasteiger partial charge in [0.15, 0.2) is 12.1 Å². The fourth-order valence-corrected chi connectivity index (χ4v) is 20.4. The van der Waals surface area contributed by atoms with E-state index in [2.05, 4.69) is 276 Å². The summed E-state index contributed by atoms with van der Waals surface area (Å²) in [6.45, 7) is 11.4. The van der Waals surface area contributed by atoms with Crippen molar-refractivity contribution in [1.82, 2.24) is 29.9 Å². The van der Waals surface area contributed by atoms with Crippen LogP contribution in [0, 0.1) is 34.6 Å². The van der Waals surface area contributed by atoms with Crippen molar-refractivity contribution in [1.29, 1.82) is 0 Å². The molecule has 716 valence electrons. The van der Waals surface area contributed by atoms with Crippen LogP contribution in [0.2, 0.25) is 0 Å². The Morgan fingerprint density at radius 2 is 0.662 bits per heavy atom. The number of nitrogens with two attached hydrogens (primary N) is 6. The number of nitrogens with zero attached hydrogens (tertiary/aromatic N) is 6. The molecule has 0 saturated carbocycles. The van der Waals surface area contributed by atoms with Crippen LogP contribution in [0.5, 0.6) is 0 Å². The first-order valence-corrected chi connectivity index (χ1v) is 63.1. The van der Waals surface area contributed by atoms with Gasteiger partial charge in [0, 0.05) is 80.9 Å². The number of aromatic nitrogens is 6. The Hall–Kier alpha value is -8.88. The van der Waals surface area contributed by atoms with E-state index in [9.17, 15) is 19.2 Å². The Labute approximate surface area is 928 Å². The van der Waals surface area contributed by atoms with Crippen molar-refractivity contribution in [3.8, 4) is 33.8 Å². The van der Waals surface area contributed by atoms with Crippen LogP contribution in [-0.4, -0.2) is 119 Å². The van der Waals surface area contributed by atoms with Gasteiger partial charge in [-0.25, -0.2) is 24.9 Å². The molecular weight excluding hydrogens is 2750 g/mol. The molecule has 0 bridgehead atoms. The maximum absolute atomic E-state index is 11.0. The zero-order valence-electron chi connectivity index (χ0n) is 74.1. The first-order chi connectivity index (χ1) is 66.4. The van der Waals surface area contributed by atoms with Gasteiger partial charge < -0.3 is 34.4 Å². The Morgan fingerprint density at radius 3 is 1.06 bits per heavy atom. The van der Waals surface area contributed by atoms with Gasteiger partial charge in [-0.3, -0.25) is 24.2 Å². The van der Waals surface area contributed by atoms with Gasteiger partial charge in [-0.05, 0) is 188 Å². The number of nitrogens with one attached hydrogen (secondary N) is 6. The summed E-state index contributed by atoms with van der Waals surface area (Å²) in [6, 6.07) is 96.6. The second kappa shape index (κ2) is 61.8. The number of rotatable bonds is 7. The average Bonchev–Trinajstić information content (AvgIpc) is 1.80. The van der Waals surface area contributed by atoms with Crippen LogP contribution < -0.4 is 60.4 Å². The number of benzene rings is 14. The molecule has 14 aromatic carbocycles. The number of carbonyl (C=O) groups is 4. The Morgan fingerprint density at radius 1 is 0.345 bits per heavy atom. The van der Waals surface area contributed by atoms with Gasteiger partial charge in [0.1, 0.15) is 11.0 Å². The summed E-state index contributed by atoms with van der Waals surface area (Å²) >= 11 is 33.0. The molecule has 0 fully saturated rings. The SMILES string of the molecule is BrBr.Brc1ccc(Br)c2c1N[Se]N2.Brc1ccc(Br)c2c1N[Se]N2.Brc1ccc(Br)c2nc(-c3ccccc3)cnc12.C.CC(=O)C(=O)c1ccccc1.Cc1ccc(N)c(N)c1.Cc1ccc2nc(-c3ccccc3)c(C)nc2c1.Cc1ccc2nc(C)c(-c3ccccc3)nc2c1.Nc1c(Br)ccc(Br)c1N.Nc1ccccc1N.O=CC(=O)c1ccccc1.[Cl][Sn][Cl].c1ccc2c(c1)N[Se]N2. The van der Waals surface area contributed by atoms with Crippen LogP contribution in [0.3, 0.4) is 0 Å². The molecule has 22 nitrogen and oxygen atoms in total. The number of aryl methyl sites for hydroxylation is 5. The third kappa shape index (κ3) is 37.1. The molecule has 139 heavy (non-hydrogen) atoms. The van der Waals surface area contributed by atoms with Gasteiger partial charge in [-0.1, -0.05) is 189 Å². The van der Waals surface area contributed by atoms with E-state index in [1.807, 2.05) is 191 Å². The predicted molar refractivity (Wildman–Crippen MR) is 625 cm³/mol. The Balaban J connectivity index is 0.000000209. The maximum atomic E-state index is 11.0. The number of aldehydes is 1. The van der Waals surface area contributed by atoms with Crippen molar-refractivity contribution in [3.63, 3.8) is 0 Å². The van der Waals surface area contributed by atoms with Gasteiger partial charge in [-0.2, -0.15) is 0 Å². The summed E-state index contributed by atoms with van der Waals surface area (Å²) in [5.74, 6) is -1.32. The van der Waals surface area contributed by atoms with Crippen LogP contribution in [0.25, 0.3) is 66.9 Å². The molecule has 3 aromatic heterocycles. The third-order valence-corrected chi connectivity index (χ3v) is 28.0. The molecule has 3 aliphatic heterocycles. The second-order valence-corrected chi connectivity index (χ2v) is 43.6. The molecule has 2 radical (unpaired) electrons. The van der Waals surface area contributed by atoms with Crippen LogP contribution in [0.1, 0.15) is 63.1 Å². The van der Waals surface area contributed by atoms with Crippen molar-refractivity contribution in [2.45, 2.75) is 49.0 Å². The predicted octanol–water partition coefficient (Wildman–Crippen LogP) is 29.1. The number of carbonyl (C=O) groups excluding carboxylic acids is 4. The van der Waals surface area contributed by atoms with E-state index in [1.54, 1.807) is 79.0 Å². The molecular formula is C101H92Br10Cl2N18O4Se3Sn. The van der Waals surface area contributed by atoms with Crippen molar-refractivity contribution >= 4 is 364 Å². The number of hydrogen-bond acceptors (Lipinski definition) is 22. The first-order valence-electron chi connectivity index (χ1n) is 40.7. The van der Waals surface area contributed by atoms with E-state index >= 15 is 0 Å². The number of Topliss-reactive ketones (excluding diaryl/α,β-unsaturated/α-hetero) is 3. The van der Waals surface area contributed by atoms with E-state index < -0.39 is 36.2 Å². The number of halogens is 12. The van der Waals surface area contributed by atoms with E-state index in [1.165, 1.54) is 52.2 Å². The minimum atomic E-state index is -0.826. The molecule has 3 aliphatic rings. The van der Waals surface area contributed by atoms with Gasteiger partial charge in [-0.15, -0.1) is 0 Å². The first kappa shape index (κ1) is 117. The van der Waals surface area contributed by atoms with Crippen molar-refractivity contribution < 1.29 is 19.2 Å². The summed E-state index contributed by atoms with van der Waals surface area (Å²) in [6.07, 6.45) is 2.12. The van der Waals surface area contributed by atoms with Crippen LogP contribution in [0.15, 0.2) is 345 Å². The second-order valence-electron chi connectivity index (χ2n) is 28.7. The Kier molecular flexibility index (Phi) is 52.1. The fourth-order valence-electron chi connectivity index (χ4n) is 11.8. The number of anilines is 12. The van der Waals surface area contributed by atoms with Gasteiger partial charge in [0.05, 0.1) is 90.9 Å². The number of nitrogen functional groups attached to an aromatic ring is 6. The minimum absolute atomic E-state index is 0. The molecule has 18 N–H and O–H groups in total. The number of fused-ring (bicyclic) bond motifs is 6. The summed E-state index contributed by atoms with van der Waals surface area (Å²) in [4.78, 5) is 70.1. The third-order valence-electron chi connectivity index (χ3n) is 18.8. The van der Waals surface area contributed by atoms with Crippen molar-refractivity contribution in [3.05, 3.63) is 385 Å². The molecule has 0 atom stereocenters. The van der Waals surface area contributed by atoms with Crippen LogP contribution in [-0.2, 0) is 9.59 Å². The summed E-state index contributed by atoms with van der Waals surface area (Å²) in [5.41, 5.74) is 61.9. The molecule has 0 unspecified atom stereocenters. The fraction of sp³-hybridized carbons (Fsp3) is 0.0693. The number of para-hydroxylation sites is 4. The van der Waals surface area contributed by atoms with Crippen LogP contribution in [0.4, 0.5) is 68.2 Å². The Bertz CT molecular complexity index is 6750. The van der Waals surface area contributed by atoms with E-state index in [0.29, 0.717) is 97.7 Å². The quantitative estimate of drug-likeness (QED) is 0.0232. The van der Waals surface area contributed by atoms with E-state index in [0.717, 1.165) is 120 Å². The molecule has 38 heteroatoms. The normalized spacial score (nSPS) is 10.6. The van der Waals surface area contributed by atoms with Crippen molar-refractivity contribution in [2.24, 2.45) is 0 Å². The molecule has 17 aromatic rings. The molecule has 0 amide bonds. The zero-order valence-corrected chi connectivity index (χ0v) is 99.4. The van der Waals surface area contributed by atoms with Crippen molar-refractivity contribution in [2.75, 3.05) is 60.4 Å². The molecule has 0 aliphatic carbocycles. The van der Waals surface area contributed by atoms with E-state index in [-0.39, 0.29) is 7.43 Å². The molecule has 0 saturated heterocycles. The molecule has 6 heterocycles. The topological polar surface area (TPSA) is 374 Å². The van der Waals surface area contributed by atoms with Gasteiger partial charge in [0.2, 0.25) is 11.6 Å². The monoisotopic (exact) mass is 2840 g/mol. The van der Waals surface area contributed by atoms with Gasteiger partial charge >= 0.3 is 273 Å².